The van der Waals surface area contributed by atoms with Crippen LogP contribution < -0.4 is 0 Å². The lowest BCUT2D eigenvalue weighted by Gasteiger charge is -2.08. The first kappa shape index (κ1) is 24.3. The third-order valence-electron chi connectivity index (χ3n) is 5.15. The van der Waals surface area contributed by atoms with Crippen LogP contribution in [0.25, 0.3) is 22.4 Å². The van der Waals surface area contributed by atoms with E-state index in [-0.39, 0.29) is 5.82 Å². The standard InChI is InChI=1S/C15H13FN4.C6H7N.C5H10O/c1-8-4-5-11(12(16)6-8)13-14-15(18-7-17-13)20-10(3)9(2)19-14;1-6-4-2-3-5-7-6;1-2-4-6-5-3-1/h4-7H,1-3H3;2-5H,1H3;1-5H2. The molecule has 4 aromatic rings. The number of pyridine rings is 1. The van der Waals surface area contributed by atoms with E-state index in [0.29, 0.717) is 22.4 Å². The fraction of sp³-hybridized carbons (Fsp3) is 0.346. The molecule has 1 saturated heterocycles. The number of hydrogen-bond donors (Lipinski definition) is 0. The van der Waals surface area contributed by atoms with E-state index in [0.717, 1.165) is 35.9 Å². The quantitative estimate of drug-likeness (QED) is 0.371. The zero-order valence-corrected chi connectivity index (χ0v) is 19.7. The van der Waals surface area contributed by atoms with Gasteiger partial charge in [0.05, 0.1) is 11.4 Å². The van der Waals surface area contributed by atoms with Crippen molar-refractivity contribution in [2.45, 2.75) is 47.0 Å². The molecule has 3 aromatic heterocycles. The Kier molecular flexibility index (Phi) is 8.89. The second kappa shape index (κ2) is 12.1. The molecular formula is C26H30FN5O. The molecule has 0 spiro atoms. The molecule has 1 aliphatic heterocycles. The number of nitrogens with zero attached hydrogens (tertiary/aromatic N) is 5. The van der Waals surface area contributed by atoms with E-state index in [1.165, 1.54) is 31.7 Å². The highest BCUT2D eigenvalue weighted by Crippen LogP contribution is 2.26. The molecule has 172 valence electrons. The number of fused-ring (bicyclic) bond motifs is 1. The van der Waals surface area contributed by atoms with E-state index in [9.17, 15) is 4.39 Å². The second-order valence-electron chi connectivity index (χ2n) is 7.92. The van der Waals surface area contributed by atoms with Gasteiger partial charge in [0.1, 0.15) is 23.4 Å². The molecule has 7 heteroatoms. The van der Waals surface area contributed by atoms with E-state index in [1.807, 2.05) is 52.0 Å². The van der Waals surface area contributed by atoms with Crippen molar-refractivity contribution in [1.82, 2.24) is 24.9 Å². The summed E-state index contributed by atoms with van der Waals surface area (Å²) in [6.07, 6.45) is 7.11. The normalized spacial score (nSPS) is 12.9. The van der Waals surface area contributed by atoms with Crippen LogP contribution in [0.3, 0.4) is 0 Å². The van der Waals surface area contributed by atoms with Crippen LogP contribution in [-0.2, 0) is 4.74 Å². The summed E-state index contributed by atoms with van der Waals surface area (Å²) in [5, 5.41) is 0. The maximum atomic E-state index is 14.1. The molecule has 1 aromatic carbocycles. The zero-order chi connectivity index (χ0) is 23.6. The van der Waals surface area contributed by atoms with Crippen molar-refractivity contribution in [3.8, 4) is 11.3 Å². The topological polar surface area (TPSA) is 73.7 Å². The van der Waals surface area contributed by atoms with Crippen LogP contribution in [-0.4, -0.2) is 38.1 Å². The summed E-state index contributed by atoms with van der Waals surface area (Å²) in [6, 6.07) is 10.9. The molecule has 0 bridgehead atoms. The highest BCUT2D eigenvalue weighted by molar-refractivity contribution is 5.86. The molecule has 4 heterocycles. The average molecular weight is 448 g/mol. The van der Waals surface area contributed by atoms with Gasteiger partial charge in [-0.3, -0.25) is 4.98 Å². The van der Waals surface area contributed by atoms with Crippen LogP contribution in [0.5, 0.6) is 0 Å². The highest BCUT2D eigenvalue weighted by Gasteiger charge is 2.14. The van der Waals surface area contributed by atoms with Gasteiger partial charge < -0.3 is 4.74 Å². The number of aromatic nitrogens is 5. The van der Waals surface area contributed by atoms with E-state index in [4.69, 9.17) is 4.74 Å². The lowest BCUT2D eigenvalue weighted by atomic mass is 10.1. The van der Waals surface area contributed by atoms with E-state index >= 15 is 0 Å². The highest BCUT2D eigenvalue weighted by atomic mass is 19.1. The Labute approximate surface area is 194 Å². The summed E-state index contributed by atoms with van der Waals surface area (Å²) < 4.78 is 19.2. The first-order valence-electron chi connectivity index (χ1n) is 11.1. The molecule has 0 aliphatic carbocycles. The van der Waals surface area contributed by atoms with E-state index in [2.05, 4.69) is 24.9 Å². The predicted octanol–water partition coefficient (Wildman–Crippen LogP) is 5.73. The molecule has 5 rings (SSSR count). The fourth-order valence-electron chi connectivity index (χ4n) is 3.19. The van der Waals surface area contributed by atoms with Gasteiger partial charge in [-0.05, 0) is 76.8 Å². The van der Waals surface area contributed by atoms with Crippen LogP contribution in [0, 0.1) is 33.5 Å². The largest absolute Gasteiger partial charge is 0.381 e. The van der Waals surface area contributed by atoms with Gasteiger partial charge in [-0.15, -0.1) is 0 Å². The second-order valence-corrected chi connectivity index (χ2v) is 7.92. The predicted molar refractivity (Wildman–Crippen MR) is 128 cm³/mol. The maximum absolute atomic E-state index is 14.1. The average Bonchev–Trinajstić information content (AvgIpc) is 2.82. The minimum absolute atomic E-state index is 0.315. The Balaban J connectivity index is 0.000000191. The molecule has 0 unspecified atom stereocenters. The fourth-order valence-corrected chi connectivity index (χ4v) is 3.19. The lowest BCUT2D eigenvalue weighted by molar-refractivity contribution is 0.0968. The van der Waals surface area contributed by atoms with Gasteiger partial charge in [-0.25, -0.2) is 24.3 Å². The van der Waals surface area contributed by atoms with Gasteiger partial charge >= 0.3 is 0 Å². The summed E-state index contributed by atoms with van der Waals surface area (Å²) in [5.41, 5.74) is 5.44. The SMILES string of the molecule is C1CCOCC1.Cc1ccc(-c2ncnc3nc(C)c(C)nc23)c(F)c1.Cc1ccccn1. The minimum Gasteiger partial charge on any atom is -0.381 e. The van der Waals surface area contributed by atoms with Crippen molar-refractivity contribution in [2.24, 2.45) is 0 Å². The maximum Gasteiger partial charge on any atom is 0.182 e. The van der Waals surface area contributed by atoms with Crippen LogP contribution >= 0.6 is 0 Å². The molecular weight excluding hydrogens is 417 g/mol. The lowest BCUT2D eigenvalue weighted by Crippen LogP contribution is -2.03. The third-order valence-corrected chi connectivity index (χ3v) is 5.15. The molecule has 0 N–H and O–H groups in total. The Morgan fingerprint density at radius 1 is 0.818 bits per heavy atom. The molecule has 6 nitrogen and oxygen atoms in total. The summed E-state index contributed by atoms with van der Waals surface area (Å²) in [7, 11) is 0. The van der Waals surface area contributed by atoms with Crippen LogP contribution in [0.2, 0.25) is 0 Å². The van der Waals surface area contributed by atoms with Crippen LogP contribution in [0.1, 0.15) is 41.9 Å². The smallest absolute Gasteiger partial charge is 0.182 e. The number of ether oxygens (including phenoxy) is 1. The first-order chi connectivity index (χ1) is 16.0. The summed E-state index contributed by atoms with van der Waals surface area (Å²) in [6.45, 7) is 9.55. The number of aryl methyl sites for hydroxylation is 4. The van der Waals surface area contributed by atoms with E-state index < -0.39 is 0 Å². The van der Waals surface area contributed by atoms with Crippen molar-refractivity contribution < 1.29 is 9.13 Å². The van der Waals surface area contributed by atoms with Gasteiger partial charge in [0.15, 0.2) is 5.65 Å². The summed E-state index contributed by atoms with van der Waals surface area (Å²) in [5.74, 6) is -0.315. The Bertz CT molecular complexity index is 1170. The minimum atomic E-state index is -0.315. The van der Waals surface area contributed by atoms with E-state index in [1.54, 1.807) is 12.3 Å². The number of hydrogen-bond acceptors (Lipinski definition) is 6. The molecule has 33 heavy (non-hydrogen) atoms. The van der Waals surface area contributed by atoms with Crippen molar-refractivity contribution in [3.63, 3.8) is 0 Å². The van der Waals surface area contributed by atoms with Gasteiger partial charge in [0.2, 0.25) is 0 Å². The first-order valence-corrected chi connectivity index (χ1v) is 11.1. The van der Waals surface area contributed by atoms with Crippen molar-refractivity contribution >= 4 is 11.2 Å². The monoisotopic (exact) mass is 447 g/mol. The molecule has 0 amide bonds. The number of benzene rings is 1. The van der Waals surface area contributed by atoms with Crippen molar-refractivity contribution in [3.05, 3.63) is 77.4 Å². The molecule has 0 saturated carbocycles. The van der Waals surface area contributed by atoms with Gasteiger partial charge in [-0.2, -0.15) is 0 Å². The number of rotatable bonds is 1. The van der Waals surface area contributed by atoms with Crippen LogP contribution in [0.15, 0.2) is 48.9 Å². The molecule has 0 radical (unpaired) electrons. The Hall–Kier alpha value is -3.32. The summed E-state index contributed by atoms with van der Waals surface area (Å²) >= 11 is 0. The van der Waals surface area contributed by atoms with Crippen LogP contribution in [0.4, 0.5) is 4.39 Å². The Morgan fingerprint density at radius 2 is 1.58 bits per heavy atom. The van der Waals surface area contributed by atoms with Gasteiger partial charge in [0, 0.05) is 30.7 Å². The van der Waals surface area contributed by atoms with Gasteiger partial charge in [0.25, 0.3) is 0 Å². The molecule has 1 aliphatic rings. The number of halogens is 1. The van der Waals surface area contributed by atoms with Crippen molar-refractivity contribution in [1.29, 1.82) is 0 Å². The zero-order valence-electron chi connectivity index (χ0n) is 19.7. The third kappa shape index (κ3) is 7.08. The van der Waals surface area contributed by atoms with Crippen molar-refractivity contribution in [2.75, 3.05) is 13.2 Å². The van der Waals surface area contributed by atoms with Gasteiger partial charge in [-0.1, -0.05) is 12.1 Å². The Morgan fingerprint density at radius 3 is 2.12 bits per heavy atom. The molecule has 0 atom stereocenters. The summed E-state index contributed by atoms with van der Waals surface area (Å²) in [4.78, 5) is 21.1. The molecule has 1 fully saturated rings.